The summed E-state index contributed by atoms with van der Waals surface area (Å²) in [5.41, 5.74) is 0. The van der Waals surface area contributed by atoms with Gasteiger partial charge in [0.05, 0.1) is 25.8 Å². The third-order valence-electron chi connectivity index (χ3n) is 13.3. The van der Waals surface area contributed by atoms with Crippen LogP contribution < -0.4 is 26.6 Å². The van der Waals surface area contributed by atoms with E-state index in [1.165, 1.54) is 154 Å². The molecule has 0 aliphatic rings. The van der Waals surface area contributed by atoms with Gasteiger partial charge in [-0.2, -0.15) is 0 Å². The van der Waals surface area contributed by atoms with E-state index in [2.05, 4.69) is 61.2 Å². The van der Waals surface area contributed by atoms with Crippen molar-refractivity contribution >= 4 is 17.9 Å². The molecule has 0 heterocycles. The van der Waals surface area contributed by atoms with Crippen LogP contribution in [0.5, 0.6) is 0 Å². The van der Waals surface area contributed by atoms with Gasteiger partial charge >= 0.3 is 17.9 Å². The SMILES string of the molecule is CCCCCCCCC(CCCCCC)COC(=O)CCCCCC(NCCCCC(=O)OCC(CCCCCC)CCCCCCCC)NCCCNCCC(=O)OCC(CC)NCNC. The molecule has 0 aromatic heterocycles. The molecule has 0 aliphatic carbocycles. The van der Waals surface area contributed by atoms with Crippen molar-refractivity contribution in [1.29, 1.82) is 0 Å². The molecule has 0 bridgehead atoms. The minimum Gasteiger partial charge on any atom is -0.465 e. The number of hydrogen-bond donors (Lipinski definition) is 5. The Hall–Kier alpha value is -1.79. The first-order valence-electron chi connectivity index (χ1n) is 28.8. The molecule has 0 fully saturated rings. The lowest BCUT2D eigenvalue weighted by molar-refractivity contribution is -0.146. The van der Waals surface area contributed by atoms with Gasteiger partial charge in [-0.1, -0.05) is 176 Å². The van der Waals surface area contributed by atoms with Crippen LogP contribution in [0.3, 0.4) is 0 Å². The summed E-state index contributed by atoms with van der Waals surface area (Å²) in [5, 5.41) is 17.2. The molecule has 11 nitrogen and oxygen atoms in total. The third kappa shape index (κ3) is 46.4. The van der Waals surface area contributed by atoms with Crippen LogP contribution in [-0.4, -0.2) is 89.8 Å². The Balaban J connectivity index is 4.86. The maximum atomic E-state index is 12.8. The fourth-order valence-corrected chi connectivity index (χ4v) is 8.71. The highest BCUT2D eigenvalue weighted by Crippen LogP contribution is 2.21. The molecule has 4 unspecified atom stereocenters. The van der Waals surface area contributed by atoms with Crippen LogP contribution in [0.25, 0.3) is 0 Å². The predicted octanol–water partition coefficient (Wildman–Crippen LogP) is 12.8. The van der Waals surface area contributed by atoms with E-state index in [0.29, 0.717) is 64.1 Å². The number of carbonyl (C=O) groups is 3. The molecule has 0 amide bonds. The summed E-state index contributed by atoms with van der Waals surface area (Å²) in [6.07, 6.45) is 39.3. The predicted molar refractivity (Wildman–Crippen MR) is 283 cm³/mol. The molecule has 67 heavy (non-hydrogen) atoms. The summed E-state index contributed by atoms with van der Waals surface area (Å²) >= 11 is 0. The van der Waals surface area contributed by atoms with Gasteiger partial charge in [0, 0.05) is 32.1 Å². The Morgan fingerprint density at radius 3 is 1.28 bits per heavy atom. The standard InChI is InChI=1S/C56H113N5O6/c1-7-12-16-20-22-27-36-50(34-25-18-14-9-3)46-65-54(62)39-30-24-29-38-53(60-44-33-42-58-45-41-56(64)67-48-52(11-5)61-49-57-6)59-43-32-31-40-55(63)66-47-51(35-26-19-15-10-4)37-28-23-21-17-13-8-2/h50-53,57-61H,7-49H2,1-6H3. The molecule has 0 aromatic rings. The zero-order chi connectivity index (χ0) is 49.1. The molecule has 4 atom stereocenters. The second-order valence-corrected chi connectivity index (χ2v) is 19.8. The highest BCUT2D eigenvalue weighted by molar-refractivity contribution is 5.70. The van der Waals surface area contributed by atoms with Crippen molar-refractivity contribution in [1.82, 2.24) is 26.6 Å². The van der Waals surface area contributed by atoms with Crippen LogP contribution in [0.4, 0.5) is 0 Å². The first-order valence-corrected chi connectivity index (χ1v) is 28.8. The Morgan fingerprint density at radius 2 is 0.791 bits per heavy atom. The molecule has 0 spiro atoms. The van der Waals surface area contributed by atoms with Gasteiger partial charge in [-0.15, -0.1) is 0 Å². The second-order valence-electron chi connectivity index (χ2n) is 19.8. The van der Waals surface area contributed by atoms with E-state index in [4.69, 9.17) is 14.2 Å². The highest BCUT2D eigenvalue weighted by atomic mass is 16.5. The van der Waals surface area contributed by atoms with Gasteiger partial charge in [0.25, 0.3) is 0 Å². The third-order valence-corrected chi connectivity index (χ3v) is 13.3. The number of ether oxygens (including phenoxy) is 3. The largest absolute Gasteiger partial charge is 0.465 e. The quantitative estimate of drug-likeness (QED) is 0.0172. The van der Waals surface area contributed by atoms with Crippen molar-refractivity contribution in [3.8, 4) is 0 Å². The average Bonchev–Trinajstić information content (AvgIpc) is 3.33. The maximum absolute atomic E-state index is 12.8. The van der Waals surface area contributed by atoms with E-state index in [1.807, 2.05) is 7.05 Å². The Morgan fingerprint density at radius 1 is 0.388 bits per heavy atom. The number of unbranched alkanes of at least 4 members (excludes halogenated alkanes) is 19. The molecule has 0 saturated carbocycles. The van der Waals surface area contributed by atoms with Gasteiger partial charge in [0.2, 0.25) is 0 Å². The van der Waals surface area contributed by atoms with Crippen molar-refractivity contribution in [2.75, 3.05) is 59.7 Å². The first kappa shape index (κ1) is 65.2. The number of hydrogen-bond acceptors (Lipinski definition) is 11. The van der Waals surface area contributed by atoms with Gasteiger partial charge in [-0.05, 0) is 103 Å². The minimum atomic E-state index is -0.169. The van der Waals surface area contributed by atoms with Gasteiger partial charge in [-0.3, -0.25) is 19.7 Å². The molecular formula is C56H113N5O6. The molecule has 0 rings (SSSR count). The molecule has 0 radical (unpaired) electrons. The maximum Gasteiger partial charge on any atom is 0.307 e. The van der Waals surface area contributed by atoms with Crippen LogP contribution in [-0.2, 0) is 28.6 Å². The van der Waals surface area contributed by atoms with Crippen LogP contribution in [0.2, 0.25) is 0 Å². The number of esters is 3. The lowest BCUT2D eigenvalue weighted by Gasteiger charge is -2.21. The molecule has 5 N–H and O–H groups in total. The van der Waals surface area contributed by atoms with Gasteiger partial charge in [0.15, 0.2) is 0 Å². The summed E-state index contributed by atoms with van der Waals surface area (Å²) < 4.78 is 17.2. The van der Waals surface area contributed by atoms with Crippen LogP contribution in [0.1, 0.15) is 259 Å². The zero-order valence-electron chi connectivity index (χ0n) is 45.2. The van der Waals surface area contributed by atoms with Crippen LogP contribution >= 0.6 is 0 Å². The fraction of sp³-hybridized carbons (Fsp3) is 0.946. The summed E-state index contributed by atoms with van der Waals surface area (Å²) in [6, 6.07) is 0.157. The zero-order valence-corrected chi connectivity index (χ0v) is 45.2. The number of nitrogens with one attached hydrogen (secondary N) is 5. The Labute approximate surface area is 414 Å². The first-order chi connectivity index (χ1) is 32.8. The summed E-state index contributed by atoms with van der Waals surface area (Å²) in [6.45, 7) is 16.5. The van der Waals surface area contributed by atoms with Gasteiger partial charge < -0.3 is 35.5 Å². The van der Waals surface area contributed by atoms with Gasteiger partial charge in [0.1, 0.15) is 6.61 Å². The molecule has 0 aliphatic heterocycles. The van der Waals surface area contributed by atoms with Crippen molar-refractivity contribution in [2.45, 2.75) is 272 Å². The van der Waals surface area contributed by atoms with Crippen molar-refractivity contribution in [3.63, 3.8) is 0 Å². The number of rotatable bonds is 54. The summed E-state index contributed by atoms with van der Waals surface area (Å²) in [7, 11) is 1.89. The topological polar surface area (TPSA) is 139 Å². The van der Waals surface area contributed by atoms with Crippen molar-refractivity contribution in [2.24, 2.45) is 11.8 Å². The van der Waals surface area contributed by atoms with Crippen LogP contribution in [0.15, 0.2) is 0 Å². The molecule has 0 aromatic carbocycles. The van der Waals surface area contributed by atoms with Gasteiger partial charge in [-0.25, -0.2) is 0 Å². The van der Waals surface area contributed by atoms with E-state index < -0.39 is 0 Å². The van der Waals surface area contributed by atoms with E-state index >= 15 is 0 Å². The van der Waals surface area contributed by atoms with E-state index in [1.54, 1.807) is 0 Å². The smallest absolute Gasteiger partial charge is 0.307 e. The minimum absolute atomic E-state index is 0.0411. The molecular weight excluding hydrogens is 839 g/mol. The monoisotopic (exact) mass is 952 g/mol. The lowest BCUT2D eigenvalue weighted by Crippen LogP contribution is -2.43. The summed E-state index contributed by atoms with van der Waals surface area (Å²) in [5.74, 6) is 0.721. The Kier molecular flexibility index (Phi) is 50.7. The average molecular weight is 953 g/mol. The molecule has 398 valence electrons. The van der Waals surface area contributed by atoms with E-state index in [0.717, 1.165) is 71.0 Å². The molecule has 11 heteroatoms. The second kappa shape index (κ2) is 52.0. The molecule has 0 saturated heterocycles. The van der Waals surface area contributed by atoms with E-state index in [9.17, 15) is 14.4 Å². The lowest BCUT2D eigenvalue weighted by atomic mass is 9.95. The van der Waals surface area contributed by atoms with E-state index in [-0.39, 0.29) is 30.1 Å². The highest BCUT2D eigenvalue weighted by Gasteiger charge is 2.15. The fourth-order valence-electron chi connectivity index (χ4n) is 8.71. The Bertz CT molecular complexity index is 1010. The normalized spacial score (nSPS) is 13.3. The van der Waals surface area contributed by atoms with Crippen molar-refractivity contribution < 1.29 is 28.6 Å². The van der Waals surface area contributed by atoms with Crippen LogP contribution in [0, 0.1) is 11.8 Å². The number of carbonyl (C=O) groups excluding carboxylic acids is 3. The summed E-state index contributed by atoms with van der Waals surface area (Å²) in [4.78, 5) is 37.9. The van der Waals surface area contributed by atoms with Crippen molar-refractivity contribution in [3.05, 3.63) is 0 Å².